The molecule has 0 bridgehead atoms. The first-order valence-electron chi connectivity index (χ1n) is 20.7. The zero-order valence-corrected chi connectivity index (χ0v) is 33.9. The normalized spacial score (nSPS) is 13.1. The lowest BCUT2D eigenvalue weighted by Crippen LogP contribution is -2.49. The van der Waals surface area contributed by atoms with E-state index in [0.717, 1.165) is 33.2 Å². The van der Waals surface area contributed by atoms with Crippen LogP contribution < -0.4 is 37.9 Å². The number of benzene rings is 11. The van der Waals surface area contributed by atoms with Gasteiger partial charge in [-0.3, -0.25) is 0 Å². The summed E-state index contributed by atoms with van der Waals surface area (Å²) in [7, 11) is 46.3. The summed E-state index contributed by atoms with van der Waals surface area (Å²) < 4.78 is 6.42. The molecular weight excluding hydrogens is 752 g/mol. The van der Waals surface area contributed by atoms with Gasteiger partial charge in [0, 0.05) is 10.6 Å². The van der Waals surface area contributed by atoms with Crippen molar-refractivity contribution < 1.29 is 4.42 Å². The zero-order valence-electron chi connectivity index (χ0n) is 33.9. The quantitative estimate of drug-likeness (QED) is 0.120. The summed E-state index contributed by atoms with van der Waals surface area (Å²) >= 11 is 0. The fourth-order valence-electron chi connectivity index (χ4n) is 10.3. The minimum atomic E-state index is 0.0592. The second-order valence-corrected chi connectivity index (χ2v) is 16.6. The Labute approximate surface area is 372 Å². The van der Waals surface area contributed by atoms with E-state index in [1.165, 1.54) is 59.2 Å². The standard InChI is InChI=1S/C55H25B7O/c1-2-41(56)55-47(40-25-39-48(51(60)54(40)63-55)50(59)53(62)52(61)49(39)58)42(57)24-33-14-13-32(34-19-15-30-11-9-26-5-3-7-28-17-21-36(34)45(30)43(26)28)23-38(33)35-20-16-31-12-10-27-6-4-8-29-18-22-37(35)46(31)44(27)29/h1,3-23,25H,24H2/b47-42+,55-41-. The molecule has 1 nitrogen and oxygen atoms in total. The summed E-state index contributed by atoms with van der Waals surface area (Å²) in [6.07, 6.45) is 6.22. The van der Waals surface area contributed by atoms with E-state index in [2.05, 4.69) is 133 Å². The molecule has 1 aromatic heterocycles. The molecule has 11 aromatic carbocycles. The van der Waals surface area contributed by atoms with Gasteiger partial charge in [-0.2, -0.15) is 0 Å². The van der Waals surface area contributed by atoms with Gasteiger partial charge in [0.05, 0.1) is 0 Å². The van der Waals surface area contributed by atoms with Crippen LogP contribution in [0, 0.1) is 12.3 Å². The predicted molar refractivity (Wildman–Crippen MR) is 275 cm³/mol. The van der Waals surface area contributed by atoms with Crippen LogP contribution in [0.5, 0.6) is 0 Å². The van der Waals surface area contributed by atoms with Crippen LogP contribution in [0.2, 0.25) is 0 Å². The second-order valence-electron chi connectivity index (χ2n) is 16.6. The van der Waals surface area contributed by atoms with Crippen LogP contribution >= 0.6 is 0 Å². The molecule has 0 saturated carbocycles. The van der Waals surface area contributed by atoms with Gasteiger partial charge < -0.3 is 4.42 Å². The third kappa shape index (κ3) is 5.36. The molecule has 14 radical (unpaired) electrons. The van der Waals surface area contributed by atoms with Crippen LogP contribution in [0.25, 0.3) is 120 Å². The topological polar surface area (TPSA) is 13.1 Å². The van der Waals surface area contributed by atoms with Gasteiger partial charge in [-0.05, 0) is 133 Å². The maximum absolute atomic E-state index is 7.31. The van der Waals surface area contributed by atoms with Crippen LogP contribution in [0.15, 0.2) is 138 Å². The molecule has 12 aromatic rings. The van der Waals surface area contributed by atoms with E-state index in [1.807, 2.05) is 6.07 Å². The highest BCUT2D eigenvalue weighted by atomic mass is 16.3. The van der Waals surface area contributed by atoms with Gasteiger partial charge in [0.15, 0.2) is 0 Å². The van der Waals surface area contributed by atoms with Gasteiger partial charge in [0.25, 0.3) is 0 Å². The van der Waals surface area contributed by atoms with Gasteiger partial charge in [-0.25, -0.2) is 0 Å². The molecule has 8 heteroatoms. The summed E-state index contributed by atoms with van der Waals surface area (Å²) in [6, 6.07) is 48.1. The molecule has 0 aliphatic rings. The third-order valence-corrected chi connectivity index (χ3v) is 13.3. The molecule has 1 heterocycles. The molecule has 0 aliphatic carbocycles. The van der Waals surface area contributed by atoms with Crippen LogP contribution in [0.4, 0.5) is 0 Å². The summed E-state index contributed by atoms with van der Waals surface area (Å²) in [5.41, 5.74) is 7.34. The Balaban J connectivity index is 1.15. The summed E-state index contributed by atoms with van der Waals surface area (Å²) in [4.78, 5) is 0. The molecule has 0 N–H and O–H groups in total. The smallest absolute Gasteiger partial charge is 0.135 e. The lowest BCUT2D eigenvalue weighted by Gasteiger charge is -2.19. The van der Waals surface area contributed by atoms with Crippen molar-refractivity contribution >= 4 is 180 Å². The van der Waals surface area contributed by atoms with E-state index < -0.39 is 0 Å². The number of hydrogen-bond donors (Lipinski definition) is 0. The molecule has 63 heavy (non-hydrogen) atoms. The van der Waals surface area contributed by atoms with Gasteiger partial charge in [-0.15, -0.1) is 22.8 Å². The first-order valence-corrected chi connectivity index (χ1v) is 20.7. The average Bonchev–Trinajstić information content (AvgIpc) is 3.71. The molecule has 0 aliphatic heterocycles. The first-order chi connectivity index (χ1) is 30.6. The van der Waals surface area contributed by atoms with Gasteiger partial charge >= 0.3 is 0 Å². The lowest BCUT2D eigenvalue weighted by atomic mass is 9.63. The first kappa shape index (κ1) is 37.8. The van der Waals surface area contributed by atoms with E-state index in [1.54, 1.807) is 0 Å². The largest absolute Gasteiger partial charge is 0.457 e. The minimum Gasteiger partial charge on any atom is -0.457 e. The monoisotopic (exact) mass is 778 g/mol. The van der Waals surface area contributed by atoms with Crippen LogP contribution in [-0.4, -0.2) is 54.9 Å². The molecule has 0 amide bonds. The van der Waals surface area contributed by atoms with E-state index in [-0.39, 0.29) is 38.2 Å². The van der Waals surface area contributed by atoms with Crippen molar-refractivity contribution in [2.24, 2.45) is 0 Å². The third-order valence-electron chi connectivity index (χ3n) is 13.3. The van der Waals surface area contributed by atoms with Gasteiger partial charge in [0.2, 0.25) is 0 Å². The Morgan fingerprint density at radius 3 is 1.59 bits per heavy atom. The molecule has 0 saturated heterocycles. The second kappa shape index (κ2) is 13.8. The highest BCUT2D eigenvalue weighted by molar-refractivity contribution is 6.68. The molecule has 0 atom stereocenters. The molecule has 272 valence electrons. The highest BCUT2D eigenvalue weighted by Crippen LogP contribution is 2.44. The van der Waals surface area contributed by atoms with Crippen LogP contribution in [0.1, 0.15) is 5.56 Å². The van der Waals surface area contributed by atoms with E-state index >= 15 is 0 Å². The van der Waals surface area contributed by atoms with E-state index in [4.69, 9.17) is 65.8 Å². The van der Waals surface area contributed by atoms with Gasteiger partial charge in [0.1, 0.15) is 65.9 Å². The van der Waals surface area contributed by atoms with Crippen molar-refractivity contribution in [1.82, 2.24) is 0 Å². The van der Waals surface area contributed by atoms with Crippen LogP contribution in [-0.2, 0) is 6.42 Å². The van der Waals surface area contributed by atoms with Crippen molar-refractivity contribution in [1.29, 1.82) is 0 Å². The van der Waals surface area contributed by atoms with E-state index in [0.29, 0.717) is 38.9 Å². The Kier molecular flexibility index (Phi) is 8.26. The fourth-order valence-corrected chi connectivity index (χ4v) is 10.3. The minimum absolute atomic E-state index is 0.0592. The number of terminal acetylenes is 1. The Morgan fingerprint density at radius 2 is 0.984 bits per heavy atom. The molecule has 0 unspecified atom stereocenters. The SMILES string of the molecule is [B]/C(Cc1ccc(-c2ccc3ccc4cccc5ccc2c3c45)cc1-c1ccc2ccc3cccc4ccc1c2c34)=c1/c(=C(/[B])C#C)oc2c([B])c3c([B])c([B])c([B])c([B])c3cc12. The number of furan rings is 1. The summed E-state index contributed by atoms with van der Waals surface area (Å²) in [6.45, 7) is 0. The number of fused-ring (bicyclic) bond motifs is 2. The Hall–Kier alpha value is -6.95. The fraction of sp³-hybridized carbons (Fsp3) is 0.0182. The average molecular weight is 777 g/mol. The van der Waals surface area contributed by atoms with Gasteiger partial charge in [-0.1, -0.05) is 138 Å². The Bertz CT molecular complexity index is 4130. The highest BCUT2D eigenvalue weighted by Gasteiger charge is 2.20. The van der Waals surface area contributed by atoms with Crippen molar-refractivity contribution in [3.05, 3.63) is 150 Å². The number of rotatable bonds is 4. The van der Waals surface area contributed by atoms with E-state index in [9.17, 15) is 0 Å². The lowest BCUT2D eigenvalue weighted by molar-refractivity contribution is 0.577. The zero-order chi connectivity index (χ0) is 43.0. The molecule has 0 spiro atoms. The van der Waals surface area contributed by atoms with Crippen LogP contribution in [0.3, 0.4) is 0 Å². The maximum Gasteiger partial charge on any atom is 0.135 e. The summed E-state index contributed by atoms with van der Waals surface area (Å²) in [5.74, 6) is 2.55. The Morgan fingerprint density at radius 1 is 0.460 bits per heavy atom. The molecular formula is C55H25B7O. The predicted octanol–water partition coefficient (Wildman–Crippen LogP) is 6.11. The molecule has 12 rings (SSSR count). The van der Waals surface area contributed by atoms with Crippen molar-refractivity contribution in [3.63, 3.8) is 0 Å². The van der Waals surface area contributed by atoms with Crippen molar-refractivity contribution in [2.45, 2.75) is 6.42 Å². The van der Waals surface area contributed by atoms with Crippen molar-refractivity contribution in [3.8, 4) is 34.6 Å². The summed E-state index contributed by atoms with van der Waals surface area (Å²) in [5, 5.41) is 16.6. The number of hydrogen-bond acceptors (Lipinski definition) is 1. The molecule has 0 fully saturated rings. The van der Waals surface area contributed by atoms with Crippen molar-refractivity contribution in [2.75, 3.05) is 0 Å². The maximum atomic E-state index is 7.31.